The van der Waals surface area contributed by atoms with Crippen LogP contribution < -0.4 is 21.1 Å². The fraction of sp³-hybridized carbons (Fsp3) is 0.667. The van der Waals surface area contributed by atoms with Crippen molar-refractivity contribution in [1.29, 1.82) is 0 Å². The molecule has 172 valence electrons. The van der Waals surface area contributed by atoms with E-state index in [1.807, 2.05) is 0 Å². The molecule has 7 nitrogen and oxygen atoms in total. The molecule has 2 aliphatic rings. The molecule has 1 unspecified atom stereocenters. The van der Waals surface area contributed by atoms with Gasteiger partial charge in [0.15, 0.2) is 5.96 Å². The lowest BCUT2D eigenvalue weighted by Gasteiger charge is -2.31. The van der Waals surface area contributed by atoms with Crippen molar-refractivity contribution in [2.45, 2.75) is 64.5 Å². The molecule has 2 fully saturated rings. The Labute approximate surface area is 186 Å². The van der Waals surface area contributed by atoms with Crippen molar-refractivity contribution in [3.05, 3.63) is 29.3 Å². The van der Waals surface area contributed by atoms with Gasteiger partial charge < -0.3 is 26.0 Å². The Morgan fingerprint density at radius 3 is 2.77 bits per heavy atom. The van der Waals surface area contributed by atoms with E-state index in [0.717, 1.165) is 75.6 Å². The molecule has 1 saturated carbocycles. The Kier molecular flexibility index (Phi) is 9.00. The van der Waals surface area contributed by atoms with Gasteiger partial charge in [0.05, 0.1) is 12.0 Å². The van der Waals surface area contributed by atoms with Crippen molar-refractivity contribution in [3.8, 4) is 5.75 Å². The zero-order valence-corrected chi connectivity index (χ0v) is 19.2. The van der Waals surface area contributed by atoms with Gasteiger partial charge in [0.25, 0.3) is 0 Å². The predicted octanol–water partition coefficient (Wildman–Crippen LogP) is 2.57. The molecule has 1 aliphatic heterocycles. The van der Waals surface area contributed by atoms with Crippen LogP contribution in [0.5, 0.6) is 5.75 Å². The summed E-state index contributed by atoms with van der Waals surface area (Å²) in [5.41, 5.74) is 7.85. The number of aryl methyl sites for hydroxylation is 1. The van der Waals surface area contributed by atoms with Gasteiger partial charge in [0.1, 0.15) is 5.75 Å². The summed E-state index contributed by atoms with van der Waals surface area (Å²) >= 11 is 0. The molecule has 4 N–H and O–H groups in total. The number of ether oxygens (including phenoxy) is 1. The van der Waals surface area contributed by atoms with Gasteiger partial charge >= 0.3 is 0 Å². The summed E-state index contributed by atoms with van der Waals surface area (Å²) in [6.07, 6.45) is 8.15. The van der Waals surface area contributed by atoms with Gasteiger partial charge in [0, 0.05) is 32.2 Å². The van der Waals surface area contributed by atoms with E-state index in [-0.39, 0.29) is 11.8 Å². The number of aliphatic imine (C=N–C) groups is 1. The van der Waals surface area contributed by atoms with Crippen LogP contribution in [-0.2, 0) is 11.3 Å². The van der Waals surface area contributed by atoms with Crippen LogP contribution in [0.4, 0.5) is 0 Å². The van der Waals surface area contributed by atoms with E-state index in [4.69, 9.17) is 10.5 Å². The number of carbonyl (C=O) groups excluding carboxylic acids is 1. The number of hydrogen-bond donors (Lipinski definition) is 3. The highest BCUT2D eigenvalue weighted by atomic mass is 16.5. The molecule has 1 aliphatic carbocycles. The summed E-state index contributed by atoms with van der Waals surface area (Å²) in [6.45, 7) is 6.41. The lowest BCUT2D eigenvalue weighted by atomic mass is 9.97. The summed E-state index contributed by atoms with van der Waals surface area (Å²) in [7, 11) is 1.79. The summed E-state index contributed by atoms with van der Waals surface area (Å²) < 4.78 is 6.31. The van der Waals surface area contributed by atoms with Crippen LogP contribution in [0, 0.1) is 12.8 Å². The SMILES string of the molecule is CN=C(NCCCN1CCCC(C(N)=O)C1)NCc1ccc(C)cc1OC1CCCC1. The van der Waals surface area contributed by atoms with Crippen LogP contribution in [0.15, 0.2) is 23.2 Å². The van der Waals surface area contributed by atoms with E-state index in [9.17, 15) is 4.79 Å². The van der Waals surface area contributed by atoms with Crippen molar-refractivity contribution in [2.75, 3.05) is 33.2 Å². The number of carbonyl (C=O) groups is 1. The summed E-state index contributed by atoms with van der Waals surface area (Å²) in [6, 6.07) is 6.42. The topological polar surface area (TPSA) is 92.0 Å². The molecule has 0 bridgehead atoms. The number of hydrogen-bond acceptors (Lipinski definition) is 4. The maximum Gasteiger partial charge on any atom is 0.221 e. The second-order valence-electron chi connectivity index (χ2n) is 8.88. The number of nitrogens with two attached hydrogens (primary N) is 1. The van der Waals surface area contributed by atoms with E-state index in [2.05, 4.69) is 45.6 Å². The van der Waals surface area contributed by atoms with E-state index < -0.39 is 0 Å². The lowest BCUT2D eigenvalue weighted by Crippen LogP contribution is -2.42. The molecule has 31 heavy (non-hydrogen) atoms. The van der Waals surface area contributed by atoms with Crippen molar-refractivity contribution >= 4 is 11.9 Å². The highest BCUT2D eigenvalue weighted by Crippen LogP contribution is 2.27. The van der Waals surface area contributed by atoms with Gasteiger partial charge in [-0.25, -0.2) is 0 Å². The molecular weight excluding hydrogens is 390 g/mol. The van der Waals surface area contributed by atoms with Gasteiger partial charge in [-0.1, -0.05) is 12.1 Å². The predicted molar refractivity (Wildman–Crippen MR) is 125 cm³/mol. The van der Waals surface area contributed by atoms with Crippen LogP contribution in [0.2, 0.25) is 0 Å². The van der Waals surface area contributed by atoms with E-state index >= 15 is 0 Å². The fourth-order valence-electron chi connectivity index (χ4n) is 4.50. The zero-order chi connectivity index (χ0) is 22.1. The second kappa shape index (κ2) is 11.9. The van der Waals surface area contributed by atoms with Gasteiger partial charge in [-0.15, -0.1) is 0 Å². The van der Waals surface area contributed by atoms with Crippen molar-refractivity contribution in [3.63, 3.8) is 0 Å². The number of nitrogens with zero attached hydrogens (tertiary/aromatic N) is 2. The lowest BCUT2D eigenvalue weighted by molar-refractivity contribution is -0.123. The number of piperidine rings is 1. The maximum absolute atomic E-state index is 11.4. The molecule has 1 saturated heterocycles. The summed E-state index contributed by atoms with van der Waals surface area (Å²) in [5.74, 6) is 1.62. The molecule has 1 aromatic rings. The molecule has 7 heteroatoms. The molecular formula is C24H39N5O2. The average Bonchev–Trinajstić information content (AvgIpc) is 3.27. The van der Waals surface area contributed by atoms with Gasteiger partial charge in [-0.2, -0.15) is 0 Å². The number of rotatable bonds is 9. The number of guanidine groups is 1. The largest absolute Gasteiger partial charge is 0.490 e. The highest BCUT2D eigenvalue weighted by molar-refractivity contribution is 5.79. The van der Waals surface area contributed by atoms with Gasteiger partial charge in [0.2, 0.25) is 5.91 Å². The fourth-order valence-corrected chi connectivity index (χ4v) is 4.50. The standard InChI is InChI=1S/C24H39N5O2/c1-18-10-11-19(22(15-18)31-21-8-3-4-9-21)16-28-24(26-2)27-12-6-14-29-13-5-7-20(17-29)23(25)30/h10-11,15,20-21H,3-9,12-14,16-17H2,1-2H3,(H2,25,30)(H2,26,27,28). The molecule has 0 spiro atoms. The second-order valence-corrected chi connectivity index (χ2v) is 8.88. The summed E-state index contributed by atoms with van der Waals surface area (Å²) in [4.78, 5) is 18.1. The number of nitrogens with one attached hydrogen (secondary N) is 2. The van der Waals surface area contributed by atoms with E-state index in [1.165, 1.54) is 18.4 Å². The number of benzene rings is 1. The molecule has 1 aromatic carbocycles. The zero-order valence-electron chi connectivity index (χ0n) is 19.2. The van der Waals surface area contributed by atoms with E-state index in [1.54, 1.807) is 7.05 Å². The Bertz CT molecular complexity index is 745. The number of primary amides is 1. The first-order chi connectivity index (χ1) is 15.0. The molecule has 1 amide bonds. The first-order valence-electron chi connectivity index (χ1n) is 11.8. The van der Waals surface area contributed by atoms with Crippen LogP contribution in [-0.4, -0.2) is 56.1 Å². The first kappa shape index (κ1) is 23.4. The molecule has 3 rings (SSSR count). The third-order valence-electron chi connectivity index (χ3n) is 6.34. The van der Waals surface area contributed by atoms with E-state index in [0.29, 0.717) is 12.6 Å². The molecule has 0 radical (unpaired) electrons. The third kappa shape index (κ3) is 7.42. The highest BCUT2D eigenvalue weighted by Gasteiger charge is 2.23. The average molecular weight is 430 g/mol. The van der Waals surface area contributed by atoms with Crippen molar-refractivity contribution in [2.24, 2.45) is 16.6 Å². The monoisotopic (exact) mass is 429 g/mol. The van der Waals surface area contributed by atoms with Crippen LogP contribution in [0.3, 0.4) is 0 Å². The van der Waals surface area contributed by atoms with Crippen molar-refractivity contribution in [1.82, 2.24) is 15.5 Å². The quantitative estimate of drug-likeness (QED) is 0.319. The maximum atomic E-state index is 11.4. The Morgan fingerprint density at radius 1 is 1.23 bits per heavy atom. The minimum Gasteiger partial charge on any atom is -0.490 e. The first-order valence-corrected chi connectivity index (χ1v) is 11.8. The molecule has 1 atom stereocenters. The van der Waals surface area contributed by atoms with Crippen LogP contribution >= 0.6 is 0 Å². The van der Waals surface area contributed by atoms with Crippen LogP contribution in [0.25, 0.3) is 0 Å². The van der Waals surface area contributed by atoms with Gasteiger partial charge in [-0.05, 0) is 76.6 Å². The van der Waals surface area contributed by atoms with Crippen molar-refractivity contribution < 1.29 is 9.53 Å². The minimum absolute atomic E-state index is 0.00583. The van der Waals surface area contributed by atoms with Crippen LogP contribution in [0.1, 0.15) is 56.1 Å². The number of likely N-dealkylation sites (tertiary alicyclic amines) is 1. The Balaban J connectivity index is 1.42. The number of amides is 1. The summed E-state index contributed by atoms with van der Waals surface area (Å²) in [5, 5.41) is 6.81. The minimum atomic E-state index is -0.167. The Morgan fingerprint density at radius 2 is 2.03 bits per heavy atom. The molecule has 1 heterocycles. The smallest absolute Gasteiger partial charge is 0.221 e. The normalized spacial score (nSPS) is 20.6. The van der Waals surface area contributed by atoms with Gasteiger partial charge in [-0.3, -0.25) is 9.79 Å². The third-order valence-corrected chi connectivity index (χ3v) is 6.34. The Hall–Kier alpha value is -2.28. The molecule has 0 aromatic heterocycles.